The van der Waals surface area contributed by atoms with E-state index in [1.54, 1.807) is 0 Å². The standard InChI is InChI=1S/C26H37ClN4O3.C2H2O4/c1-2-3-13-34-22(16-29-26(33)24-19-8-7-18(14-19)23(24)25(28)32)17-30-9-11-31(12-10-30)21-6-4-5-20(27)15-21;3-1(4)2(5)6/h4-8,15,18-19,22-24H,2-3,9-14,16-17H2,1H3,(H2,28,32)(H,29,33);(H,3,4)(H,5,6)/t18-,19+,22?,23?,24?;/m1./s1. The summed E-state index contributed by atoms with van der Waals surface area (Å²) in [6.45, 7) is 7.73. The van der Waals surface area contributed by atoms with E-state index in [0.717, 1.165) is 62.7 Å². The second kappa shape index (κ2) is 15.0. The molecule has 1 aromatic rings. The van der Waals surface area contributed by atoms with Crippen molar-refractivity contribution in [1.82, 2.24) is 10.2 Å². The Kier molecular flexibility index (Phi) is 11.8. The lowest BCUT2D eigenvalue weighted by Gasteiger charge is -2.37. The normalized spacial score (nSPS) is 24.2. The number of carbonyl (C=O) groups is 4. The van der Waals surface area contributed by atoms with E-state index in [1.165, 1.54) is 0 Å². The van der Waals surface area contributed by atoms with E-state index in [1.807, 2.05) is 24.3 Å². The molecule has 1 saturated carbocycles. The van der Waals surface area contributed by atoms with Gasteiger partial charge in [-0.15, -0.1) is 0 Å². The summed E-state index contributed by atoms with van der Waals surface area (Å²) >= 11 is 6.16. The molecule has 1 aliphatic heterocycles. The van der Waals surface area contributed by atoms with E-state index in [0.29, 0.717) is 13.2 Å². The molecule has 5 atom stereocenters. The number of primary amides is 1. The largest absolute Gasteiger partial charge is 0.473 e. The van der Waals surface area contributed by atoms with Crippen LogP contribution in [0.25, 0.3) is 0 Å². The molecule has 1 heterocycles. The van der Waals surface area contributed by atoms with Crippen molar-refractivity contribution in [3.63, 3.8) is 0 Å². The van der Waals surface area contributed by atoms with Crippen molar-refractivity contribution in [3.05, 3.63) is 41.4 Å². The number of halogens is 1. The molecule has 220 valence electrons. The van der Waals surface area contributed by atoms with Crippen molar-refractivity contribution < 1.29 is 34.1 Å². The van der Waals surface area contributed by atoms with Gasteiger partial charge in [0.2, 0.25) is 11.8 Å². The molecule has 1 saturated heterocycles. The molecule has 0 radical (unpaired) electrons. The Morgan fingerprint density at radius 1 is 1.07 bits per heavy atom. The summed E-state index contributed by atoms with van der Waals surface area (Å²) in [5.41, 5.74) is 6.79. The fourth-order valence-electron chi connectivity index (χ4n) is 5.62. The molecule has 0 aromatic heterocycles. The maximum absolute atomic E-state index is 13.1. The Morgan fingerprint density at radius 2 is 1.73 bits per heavy atom. The lowest BCUT2D eigenvalue weighted by molar-refractivity contribution is -0.159. The minimum absolute atomic E-state index is 0.0736. The van der Waals surface area contributed by atoms with Gasteiger partial charge in [0.25, 0.3) is 0 Å². The number of unbranched alkanes of at least 4 members (excludes halogenated alkanes) is 1. The molecule has 0 spiro atoms. The number of aliphatic carboxylic acids is 2. The molecule has 2 aliphatic carbocycles. The topological polar surface area (TPSA) is 162 Å². The smallest absolute Gasteiger partial charge is 0.414 e. The van der Waals surface area contributed by atoms with Crippen molar-refractivity contribution in [3.8, 4) is 0 Å². The molecule has 40 heavy (non-hydrogen) atoms. The SMILES string of the molecule is CCCCOC(CNC(=O)C1C(C(N)=O)[C@@H]2C=C[C@H]1C2)CN1CCN(c2cccc(Cl)c2)CC1.O=C(O)C(=O)O. The maximum Gasteiger partial charge on any atom is 0.414 e. The van der Waals surface area contributed by atoms with E-state index < -0.39 is 17.9 Å². The number of allylic oxidation sites excluding steroid dienone is 2. The van der Waals surface area contributed by atoms with Crippen LogP contribution in [0.2, 0.25) is 5.02 Å². The predicted octanol–water partition coefficient (Wildman–Crippen LogP) is 1.84. The van der Waals surface area contributed by atoms with Crippen LogP contribution >= 0.6 is 11.6 Å². The van der Waals surface area contributed by atoms with Gasteiger partial charge in [-0.2, -0.15) is 0 Å². The summed E-state index contributed by atoms with van der Waals surface area (Å²) in [4.78, 5) is 48.0. The van der Waals surface area contributed by atoms with Crippen LogP contribution in [-0.4, -0.2) is 90.8 Å². The summed E-state index contributed by atoms with van der Waals surface area (Å²) in [6, 6.07) is 7.98. The van der Waals surface area contributed by atoms with Crippen molar-refractivity contribution in [2.24, 2.45) is 29.4 Å². The van der Waals surface area contributed by atoms with Gasteiger partial charge in [0.05, 0.1) is 17.9 Å². The zero-order chi connectivity index (χ0) is 29.2. The average molecular weight is 579 g/mol. The molecule has 3 aliphatic rings. The number of amides is 2. The number of nitrogens with two attached hydrogens (primary N) is 1. The van der Waals surface area contributed by atoms with Gasteiger partial charge in [-0.25, -0.2) is 9.59 Å². The number of hydrogen-bond acceptors (Lipinski definition) is 7. The number of nitrogens with zero attached hydrogens (tertiary/aromatic N) is 2. The third kappa shape index (κ3) is 8.67. The lowest BCUT2D eigenvalue weighted by atomic mass is 9.82. The van der Waals surface area contributed by atoms with Gasteiger partial charge in [-0.1, -0.05) is 43.2 Å². The van der Waals surface area contributed by atoms with Crippen LogP contribution in [0.15, 0.2) is 36.4 Å². The fourth-order valence-corrected chi connectivity index (χ4v) is 5.80. The Bertz CT molecular complexity index is 1060. The third-order valence-corrected chi connectivity index (χ3v) is 7.87. The molecular formula is C28H39ClN4O7. The van der Waals surface area contributed by atoms with Crippen LogP contribution in [0.4, 0.5) is 5.69 Å². The van der Waals surface area contributed by atoms with E-state index in [2.05, 4.69) is 34.2 Å². The van der Waals surface area contributed by atoms with Crippen molar-refractivity contribution in [1.29, 1.82) is 0 Å². The van der Waals surface area contributed by atoms with Gasteiger partial charge in [0, 0.05) is 56.6 Å². The Morgan fingerprint density at radius 3 is 2.30 bits per heavy atom. The number of anilines is 1. The minimum Gasteiger partial charge on any atom is -0.473 e. The molecule has 11 nitrogen and oxygen atoms in total. The van der Waals surface area contributed by atoms with Gasteiger partial charge in [-0.3, -0.25) is 14.5 Å². The highest BCUT2D eigenvalue weighted by molar-refractivity contribution is 6.30. The van der Waals surface area contributed by atoms with Crippen molar-refractivity contribution >= 4 is 41.0 Å². The number of benzene rings is 1. The third-order valence-electron chi connectivity index (χ3n) is 7.64. The van der Waals surface area contributed by atoms with Gasteiger partial charge < -0.3 is 30.9 Å². The van der Waals surface area contributed by atoms with Crippen LogP contribution in [0.1, 0.15) is 26.2 Å². The summed E-state index contributed by atoms with van der Waals surface area (Å²) in [5.74, 6) is -4.63. The van der Waals surface area contributed by atoms with E-state index in [-0.39, 0.29) is 35.7 Å². The molecule has 5 N–H and O–H groups in total. The summed E-state index contributed by atoms with van der Waals surface area (Å²) in [7, 11) is 0. The van der Waals surface area contributed by atoms with Crippen LogP contribution in [0.3, 0.4) is 0 Å². The summed E-state index contributed by atoms with van der Waals surface area (Å²) < 4.78 is 6.17. The number of ether oxygens (including phenoxy) is 1. The Balaban J connectivity index is 0.000000663. The van der Waals surface area contributed by atoms with E-state index >= 15 is 0 Å². The highest BCUT2D eigenvalue weighted by Gasteiger charge is 2.50. The predicted molar refractivity (Wildman–Crippen MR) is 150 cm³/mol. The Hall–Kier alpha value is -3.15. The molecule has 12 heteroatoms. The molecule has 4 rings (SSSR count). The fraction of sp³-hybridized carbons (Fsp3) is 0.571. The quantitative estimate of drug-likeness (QED) is 0.174. The first kappa shape index (κ1) is 31.4. The number of carboxylic acids is 2. The van der Waals surface area contributed by atoms with Gasteiger partial charge in [0.15, 0.2) is 0 Å². The van der Waals surface area contributed by atoms with Gasteiger partial charge in [0.1, 0.15) is 0 Å². The molecule has 2 amide bonds. The van der Waals surface area contributed by atoms with E-state index in [9.17, 15) is 9.59 Å². The van der Waals surface area contributed by atoms with Gasteiger partial charge in [-0.05, 0) is 42.9 Å². The van der Waals surface area contributed by atoms with Crippen LogP contribution in [0.5, 0.6) is 0 Å². The maximum atomic E-state index is 13.1. The first-order valence-electron chi connectivity index (χ1n) is 13.7. The second-order valence-corrected chi connectivity index (χ2v) is 10.8. The highest BCUT2D eigenvalue weighted by Crippen LogP contribution is 2.47. The highest BCUT2D eigenvalue weighted by atomic mass is 35.5. The number of hydrogen-bond donors (Lipinski definition) is 4. The first-order chi connectivity index (χ1) is 19.1. The van der Waals surface area contributed by atoms with Crippen LogP contribution in [-0.2, 0) is 23.9 Å². The zero-order valence-corrected chi connectivity index (χ0v) is 23.5. The van der Waals surface area contributed by atoms with Crippen molar-refractivity contribution in [2.75, 3.05) is 50.8 Å². The number of fused-ring (bicyclic) bond motifs is 2. The van der Waals surface area contributed by atoms with Crippen LogP contribution < -0.4 is 16.0 Å². The number of nitrogens with one attached hydrogen (secondary N) is 1. The first-order valence-corrected chi connectivity index (χ1v) is 14.0. The summed E-state index contributed by atoms with van der Waals surface area (Å²) in [5, 5.41) is 18.6. The number of carbonyl (C=O) groups excluding carboxylic acids is 2. The minimum atomic E-state index is -1.82. The number of rotatable bonds is 11. The summed E-state index contributed by atoms with van der Waals surface area (Å²) in [6.07, 6.45) is 6.93. The monoisotopic (exact) mass is 578 g/mol. The Labute approximate surface area is 239 Å². The molecule has 2 fully saturated rings. The molecule has 1 aromatic carbocycles. The molecule has 3 unspecified atom stereocenters. The number of carboxylic acid groups (broad SMARTS) is 2. The molecule has 2 bridgehead atoms. The lowest BCUT2D eigenvalue weighted by Crippen LogP contribution is -2.51. The second-order valence-electron chi connectivity index (χ2n) is 10.4. The van der Waals surface area contributed by atoms with Crippen molar-refractivity contribution in [2.45, 2.75) is 32.3 Å². The van der Waals surface area contributed by atoms with Gasteiger partial charge >= 0.3 is 11.9 Å². The van der Waals surface area contributed by atoms with Crippen LogP contribution in [0, 0.1) is 23.7 Å². The average Bonchev–Trinajstić information content (AvgIpc) is 3.54. The van der Waals surface area contributed by atoms with E-state index in [4.69, 9.17) is 41.9 Å². The zero-order valence-electron chi connectivity index (χ0n) is 22.7. The number of piperazine rings is 1. The molecular weight excluding hydrogens is 540 g/mol.